The Labute approximate surface area is 143 Å². The van der Waals surface area contributed by atoms with E-state index in [1.54, 1.807) is 36.7 Å². The van der Waals surface area contributed by atoms with E-state index in [4.69, 9.17) is 4.74 Å². The highest BCUT2D eigenvalue weighted by Gasteiger charge is 2.29. The predicted octanol–water partition coefficient (Wildman–Crippen LogP) is 1.20. The molecule has 2 heterocycles. The Morgan fingerprint density at radius 1 is 1.28 bits per heavy atom. The van der Waals surface area contributed by atoms with Crippen molar-refractivity contribution in [3.8, 4) is 5.75 Å². The number of ether oxygens (including phenoxy) is 1. The van der Waals surface area contributed by atoms with Gasteiger partial charge < -0.3 is 15.4 Å². The summed E-state index contributed by atoms with van der Waals surface area (Å²) in [5, 5.41) is 7.15. The topological polar surface area (TPSA) is 109 Å². The zero-order chi connectivity index (χ0) is 17.6. The lowest BCUT2D eigenvalue weighted by Gasteiger charge is -2.22. The lowest BCUT2D eigenvalue weighted by Crippen LogP contribution is -2.56. The van der Waals surface area contributed by atoms with Crippen LogP contribution < -0.4 is 20.7 Å². The highest BCUT2D eigenvalue weighted by atomic mass is 16.5. The van der Waals surface area contributed by atoms with Gasteiger partial charge in [-0.25, -0.2) is 4.79 Å². The fourth-order valence-electron chi connectivity index (χ4n) is 2.31. The summed E-state index contributed by atoms with van der Waals surface area (Å²) in [6.07, 6.45) is 3.29. The summed E-state index contributed by atoms with van der Waals surface area (Å²) in [6.45, 7) is 0.351. The van der Waals surface area contributed by atoms with Crippen LogP contribution in [0.25, 0.3) is 0 Å². The first-order valence-electron chi connectivity index (χ1n) is 7.63. The fourth-order valence-corrected chi connectivity index (χ4v) is 2.31. The third kappa shape index (κ3) is 4.54. The minimum absolute atomic E-state index is 0.102. The fraction of sp³-hybridized carbons (Fsp3) is 0.176. The molecule has 1 unspecified atom stereocenters. The number of anilines is 1. The molecule has 8 nitrogen and oxygen atoms in total. The zero-order valence-electron chi connectivity index (χ0n) is 13.2. The van der Waals surface area contributed by atoms with Gasteiger partial charge in [0.2, 0.25) is 11.8 Å². The predicted molar refractivity (Wildman–Crippen MR) is 88.7 cm³/mol. The van der Waals surface area contributed by atoms with Crippen molar-refractivity contribution in [1.82, 2.24) is 15.6 Å². The summed E-state index contributed by atoms with van der Waals surface area (Å²) in [7, 11) is 0. The van der Waals surface area contributed by atoms with Crippen LogP contribution in [0.15, 0.2) is 48.8 Å². The van der Waals surface area contributed by atoms with Crippen molar-refractivity contribution in [2.24, 2.45) is 0 Å². The summed E-state index contributed by atoms with van der Waals surface area (Å²) in [4.78, 5) is 38.8. The Morgan fingerprint density at radius 2 is 2.16 bits per heavy atom. The molecule has 1 aromatic heterocycles. The van der Waals surface area contributed by atoms with Crippen molar-refractivity contribution in [3.05, 3.63) is 54.4 Å². The van der Waals surface area contributed by atoms with Crippen LogP contribution in [0.3, 0.4) is 0 Å². The number of carbonyl (C=O) groups is 3. The zero-order valence-corrected chi connectivity index (χ0v) is 13.2. The molecule has 25 heavy (non-hydrogen) atoms. The molecule has 0 aliphatic carbocycles. The van der Waals surface area contributed by atoms with Gasteiger partial charge in [-0.05, 0) is 18.2 Å². The van der Waals surface area contributed by atoms with E-state index in [2.05, 4.69) is 20.9 Å². The average molecular weight is 340 g/mol. The number of urea groups is 1. The Hall–Kier alpha value is -3.42. The van der Waals surface area contributed by atoms with E-state index in [1.807, 2.05) is 12.1 Å². The summed E-state index contributed by atoms with van der Waals surface area (Å²) >= 11 is 0. The number of pyridine rings is 1. The lowest BCUT2D eigenvalue weighted by molar-refractivity contribution is -0.126. The van der Waals surface area contributed by atoms with Gasteiger partial charge >= 0.3 is 6.03 Å². The van der Waals surface area contributed by atoms with Gasteiger partial charge in [0.05, 0.1) is 6.42 Å². The highest BCUT2D eigenvalue weighted by molar-refractivity contribution is 6.05. The molecule has 1 saturated heterocycles. The van der Waals surface area contributed by atoms with Gasteiger partial charge in [-0.1, -0.05) is 12.1 Å². The minimum Gasteiger partial charge on any atom is -0.489 e. The number of hydrogen-bond donors (Lipinski definition) is 3. The first kappa shape index (κ1) is 16.4. The van der Waals surface area contributed by atoms with Crippen molar-refractivity contribution in [1.29, 1.82) is 0 Å². The standard InChI is InChI=1S/C17H16N4O4/c22-15-8-14(20-17(24)21-15)16(23)19-12-4-1-5-13(7-12)25-10-11-3-2-6-18-9-11/h1-7,9,14H,8,10H2,(H,19,23)(H2,20,21,22,24). The van der Waals surface area contributed by atoms with Crippen LogP contribution in [0.2, 0.25) is 0 Å². The van der Waals surface area contributed by atoms with Crippen LogP contribution in [-0.4, -0.2) is 28.9 Å². The molecule has 1 aliphatic heterocycles. The highest BCUT2D eigenvalue weighted by Crippen LogP contribution is 2.19. The summed E-state index contributed by atoms with van der Waals surface area (Å²) in [5.74, 6) is -0.378. The number of rotatable bonds is 5. The third-order valence-corrected chi connectivity index (χ3v) is 3.49. The molecule has 4 amide bonds. The lowest BCUT2D eigenvalue weighted by atomic mass is 10.1. The molecule has 3 rings (SSSR count). The molecular weight excluding hydrogens is 324 g/mol. The molecule has 1 aromatic carbocycles. The molecule has 1 fully saturated rings. The van der Waals surface area contributed by atoms with Crippen molar-refractivity contribution in [2.45, 2.75) is 19.1 Å². The van der Waals surface area contributed by atoms with Crippen molar-refractivity contribution in [2.75, 3.05) is 5.32 Å². The van der Waals surface area contributed by atoms with Gasteiger partial charge in [0.1, 0.15) is 18.4 Å². The van der Waals surface area contributed by atoms with Crippen LogP contribution in [0, 0.1) is 0 Å². The SMILES string of the molecule is O=C1CC(C(=O)Nc2cccc(OCc3cccnc3)c2)NC(=O)N1. The van der Waals surface area contributed by atoms with E-state index < -0.39 is 23.9 Å². The van der Waals surface area contributed by atoms with Gasteiger partial charge in [-0.3, -0.25) is 19.9 Å². The number of hydrogen-bond acceptors (Lipinski definition) is 5. The number of nitrogens with zero attached hydrogens (tertiary/aromatic N) is 1. The Bertz CT molecular complexity index is 778. The maximum absolute atomic E-state index is 12.2. The molecule has 3 N–H and O–H groups in total. The van der Waals surface area contributed by atoms with E-state index in [0.29, 0.717) is 18.0 Å². The molecule has 0 saturated carbocycles. The van der Waals surface area contributed by atoms with Gasteiger partial charge in [0, 0.05) is 29.7 Å². The second kappa shape index (κ2) is 7.43. The van der Waals surface area contributed by atoms with Crippen LogP contribution >= 0.6 is 0 Å². The van der Waals surface area contributed by atoms with E-state index >= 15 is 0 Å². The van der Waals surface area contributed by atoms with Crippen molar-refractivity contribution in [3.63, 3.8) is 0 Å². The Morgan fingerprint density at radius 3 is 2.92 bits per heavy atom. The molecule has 1 aliphatic rings. The van der Waals surface area contributed by atoms with Crippen molar-refractivity contribution >= 4 is 23.5 Å². The van der Waals surface area contributed by atoms with Crippen LogP contribution in [0.4, 0.5) is 10.5 Å². The molecular formula is C17H16N4O4. The third-order valence-electron chi connectivity index (χ3n) is 3.49. The number of benzene rings is 1. The van der Waals surface area contributed by atoms with Gasteiger partial charge in [0.15, 0.2) is 0 Å². The molecule has 2 aromatic rings. The number of amides is 4. The molecule has 0 radical (unpaired) electrons. The number of nitrogens with one attached hydrogen (secondary N) is 3. The second-order valence-corrected chi connectivity index (χ2v) is 5.45. The van der Waals surface area contributed by atoms with Gasteiger partial charge in [-0.15, -0.1) is 0 Å². The van der Waals surface area contributed by atoms with E-state index in [1.165, 1.54) is 0 Å². The van der Waals surface area contributed by atoms with E-state index in [9.17, 15) is 14.4 Å². The van der Waals surface area contributed by atoms with Gasteiger partial charge in [-0.2, -0.15) is 0 Å². The first-order chi connectivity index (χ1) is 12.1. The largest absolute Gasteiger partial charge is 0.489 e. The Kier molecular flexibility index (Phi) is 4.89. The van der Waals surface area contributed by atoms with E-state index in [0.717, 1.165) is 5.56 Å². The van der Waals surface area contributed by atoms with Crippen molar-refractivity contribution < 1.29 is 19.1 Å². The Balaban J connectivity index is 1.60. The number of carbonyl (C=O) groups excluding carboxylic acids is 3. The number of aromatic nitrogens is 1. The molecule has 0 bridgehead atoms. The summed E-state index contributed by atoms with van der Waals surface area (Å²) in [5.41, 5.74) is 1.43. The van der Waals surface area contributed by atoms with Gasteiger partial charge in [0.25, 0.3) is 0 Å². The van der Waals surface area contributed by atoms with Crippen LogP contribution in [0.1, 0.15) is 12.0 Å². The molecule has 128 valence electrons. The summed E-state index contributed by atoms with van der Waals surface area (Å²) < 4.78 is 5.67. The molecule has 0 spiro atoms. The average Bonchev–Trinajstić information content (AvgIpc) is 2.60. The molecule has 8 heteroatoms. The van der Waals surface area contributed by atoms with Crippen LogP contribution in [0.5, 0.6) is 5.75 Å². The quantitative estimate of drug-likeness (QED) is 0.758. The van der Waals surface area contributed by atoms with E-state index in [-0.39, 0.29) is 6.42 Å². The monoisotopic (exact) mass is 340 g/mol. The van der Waals surface area contributed by atoms with Crippen LogP contribution in [-0.2, 0) is 16.2 Å². The smallest absolute Gasteiger partial charge is 0.322 e. The summed E-state index contributed by atoms with van der Waals surface area (Å²) in [6, 6.07) is 9.01. The molecule has 1 atom stereocenters. The second-order valence-electron chi connectivity index (χ2n) is 5.45. The number of imide groups is 1. The first-order valence-corrected chi connectivity index (χ1v) is 7.63. The maximum atomic E-state index is 12.2. The minimum atomic E-state index is -0.902. The maximum Gasteiger partial charge on any atom is 0.322 e. The normalized spacial score (nSPS) is 16.6.